The smallest absolute Gasteiger partial charge is 0.417 e. The first-order valence-electron chi connectivity index (χ1n) is 12.1. The topological polar surface area (TPSA) is 63.7 Å². The molecular weight excluding hydrogens is 577 g/mol. The van der Waals surface area contributed by atoms with Crippen molar-refractivity contribution in [2.75, 3.05) is 26.0 Å². The molecule has 3 aromatic rings. The average molecular weight is 604 g/mol. The molecule has 5 nitrogen and oxygen atoms in total. The number of alkyl halides is 3. The van der Waals surface area contributed by atoms with Crippen LogP contribution in [0.4, 0.5) is 22.0 Å². The number of carbonyl (C=O) groups is 1. The second-order valence-electron chi connectivity index (χ2n) is 9.37. The highest BCUT2D eigenvalue weighted by molar-refractivity contribution is 7.90. The largest absolute Gasteiger partial charge is 0.493 e. The van der Waals surface area contributed by atoms with Gasteiger partial charge >= 0.3 is 6.18 Å². The second-order valence-corrected chi connectivity index (χ2v) is 11.7. The lowest BCUT2D eigenvalue weighted by Crippen LogP contribution is -2.30. The van der Waals surface area contributed by atoms with Gasteiger partial charge in [-0.15, -0.1) is 0 Å². The first-order valence-corrected chi connectivity index (χ1v) is 14.4. The third kappa shape index (κ3) is 8.25. The van der Waals surface area contributed by atoms with Gasteiger partial charge in [-0.3, -0.25) is 9.69 Å². The third-order valence-electron chi connectivity index (χ3n) is 6.22. The van der Waals surface area contributed by atoms with Crippen LogP contribution in [0.2, 0.25) is 5.02 Å². The van der Waals surface area contributed by atoms with Gasteiger partial charge < -0.3 is 4.74 Å². The molecule has 0 aliphatic heterocycles. The molecule has 12 heteroatoms. The van der Waals surface area contributed by atoms with Crippen LogP contribution in [0.15, 0.2) is 59.5 Å². The summed E-state index contributed by atoms with van der Waals surface area (Å²) in [5.41, 5.74) is -0.428. The average Bonchev–Trinajstić information content (AvgIpc) is 2.86. The van der Waals surface area contributed by atoms with Gasteiger partial charge in [0.25, 0.3) is 0 Å². The summed E-state index contributed by atoms with van der Waals surface area (Å²) in [6, 6.07) is 11.6. The van der Waals surface area contributed by atoms with Gasteiger partial charge in [0.1, 0.15) is 17.4 Å². The molecule has 0 N–H and O–H groups in total. The summed E-state index contributed by atoms with van der Waals surface area (Å²) in [4.78, 5) is 12.5. The van der Waals surface area contributed by atoms with Gasteiger partial charge in [0.15, 0.2) is 16.1 Å². The molecule has 1 atom stereocenters. The Kier molecular flexibility index (Phi) is 10.3. The standard InChI is InChI=1S/C28H27ClF5NO4S/c1-18(19-7-9-21(30)10-8-19)15-35(16-20-5-3-6-24(27(20)29)28(32,33)34)11-4-12-39-22-13-25(31)23(17-36)26(14-22)40(2,37)38/h3,5-10,13-14,17-18H,4,11-12,15-16H2,1-2H3. The quantitative estimate of drug-likeness (QED) is 0.128. The summed E-state index contributed by atoms with van der Waals surface area (Å²) in [5, 5.41) is -0.398. The fraction of sp³-hybridized carbons (Fsp3) is 0.321. The number of aldehydes is 1. The fourth-order valence-electron chi connectivity index (χ4n) is 4.23. The van der Waals surface area contributed by atoms with E-state index >= 15 is 0 Å². The predicted molar refractivity (Wildman–Crippen MR) is 142 cm³/mol. The van der Waals surface area contributed by atoms with Crippen molar-refractivity contribution in [3.05, 3.63) is 93.5 Å². The predicted octanol–water partition coefficient (Wildman–Crippen LogP) is 6.93. The maximum absolute atomic E-state index is 14.3. The maximum Gasteiger partial charge on any atom is 0.417 e. The number of rotatable bonds is 12. The second kappa shape index (κ2) is 13.1. The molecule has 40 heavy (non-hydrogen) atoms. The summed E-state index contributed by atoms with van der Waals surface area (Å²) in [6.07, 6.45) is -3.32. The van der Waals surface area contributed by atoms with Crippen molar-refractivity contribution in [1.82, 2.24) is 4.90 Å². The zero-order valence-corrected chi connectivity index (χ0v) is 23.2. The van der Waals surface area contributed by atoms with Gasteiger partial charge in [-0.1, -0.05) is 42.8 Å². The molecule has 0 amide bonds. The normalized spacial score (nSPS) is 12.9. The van der Waals surface area contributed by atoms with Crippen molar-refractivity contribution in [2.45, 2.75) is 36.9 Å². The Morgan fingerprint density at radius 3 is 2.35 bits per heavy atom. The first kappa shape index (κ1) is 31.5. The minimum absolute atomic E-state index is 0.0147. The van der Waals surface area contributed by atoms with E-state index in [2.05, 4.69) is 0 Å². The van der Waals surface area contributed by atoms with E-state index in [-0.39, 0.29) is 36.7 Å². The van der Waals surface area contributed by atoms with Gasteiger partial charge in [-0.25, -0.2) is 17.2 Å². The van der Waals surface area contributed by atoms with Crippen LogP contribution < -0.4 is 4.74 Å². The third-order valence-corrected chi connectivity index (χ3v) is 7.80. The van der Waals surface area contributed by atoms with Crippen LogP contribution in [-0.4, -0.2) is 45.6 Å². The molecule has 1 unspecified atom stereocenters. The Hall–Kier alpha value is -3.02. The molecule has 3 aromatic carbocycles. The highest BCUT2D eigenvalue weighted by Gasteiger charge is 2.34. The molecule has 0 bridgehead atoms. The zero-order valence-electron chi connectivity index (χ0n) is 21.6. The zero-order chi connectivity index (χ0) is 29.7. The molecule has 3 rings (SSSR count). The van der Waals surface area contributed by atoms with Crippen molar-refractivity contribution < 1.29 is 39.9 Å². The van der Waals surface area contributed by atoms with Crippen molar-refractivity contribution in [1.29, 1.82) is 0 Å². The van der Waals surface area contributed by atoms with E-state index in [1.807, 2.05) is 11.8 Å². The summed E-state index contributed by atoms with van der Waals surface area (Å²) in [5.74, 6) is -1.64. The van der Waals surface area contributed by atoms with Gasteiger partial charge in [-0.05, 0) is 47.7 Å². The van der Waals surface area contributed by atoms with E-state index in [9.17, 15) is 35.2 Å². The summed E-state index contributed by atoms with van der Waals surface area (Å²) in [7, 11) is -3.91. The number of sulfone groups is 1. The highest BCUT2D eigenvalue weighted by Crippen LogP contribution is 2.36. The monoisotopic (exact) mass is 603 g/mol. The SMILES string of the molecule is CC(CN(CCCOc1cc(F)c(C=O)c(S(C)(=O)=O)c1)Cc1cccc(C(F)(F)F)c1Cl)c1ccc(F)cc1. The minimum atomic E-state index is -4.62. The summed E-state index contributed by atoms with van der Waals surface area (Å²) >= 11 is 6.12. The molecule has 0 saturated heterocycles. The molecular formula is C28H27ClF5NO4S. The molecule has 0 spiro atoms. The maximum atomic E-state index is 14.3. The van der Waals surface area contributed by atoms with E-state index < -0.39 is 48.7 Å². The Bertz CT molecular complexity index is 1450. The van der Waals surface area contributed by atoms with E-state index in [1.54, 1.807) is 12.1 Å². The van der Waals surface area contributed by atoms with Crippen molar-refractivity contribution in [3.8, 4) is 5.75 Å². The molecule has 0 aromatic heterocycles. The first-order chi connectivity index (χ1) is 18.7. The summed E-state index contributed by atoms with van der Waals surface area (Å²) < 4.78 is 97.3. The lowest BCUT2D eigenvalue weighted by Gasteiger charge is -2.27. The summed E-state index contributed by atoms with van der Waals surface area (Å²) in [6.45, 7) is 2.70. The Morgan fingerprint density at radius 2 is 1.75 bits per heavy atom. The Labute approximate surface area is 234 Å². The van der Waals surface area contributed by atoms with Crippen LogP contribution in [0.3, 0.4) is 0 Å². The molecule has 0 radical (unpaired) electrons. The van der Waals surface area contributed by atoms with Gasteiger partial charge in [0.05, 0.1) is 27.7 Å². The number of nitrogens with zero attached hydrogens (tertiary/aromatic N) is 1. The fourth-order valence-corrected chi connectivity index (χ4v) is 5.40. The van der Waals surface area contributed by atoms with Crippen LogP contribution in [-0.2, 0) is 22.6 Å². The van der Waals surface area contributed by atoms with Crippen LogP contribution in [0.5, 0.6) is 5.75 Å². The minimum Gasteiger partial charge on any atom is -0.493 e. The van der Waals surface area contributed by atoms with Gasteiger partial charge in [-0.2, -0.15) is 13.2 Å². The lowest BCUT2D eigenvalue weighted by atomic mass is 10.00. The lowest BCUT2D eigenvalue weighted by molar-refractivity contribution is -0.137. The number of ether oxygens (including phenoxy) is 1. The van der Waals surface area contributed by atoms with Crippen LogP contribution >= 0.6 is 11.6 Å². The Morgan fingerprint density at radius 1 is 1.07 bits per heavy atom. The number of carbonyl (C=O) groups excluding carboxylic acids is 1. The van der Waals surface area contributed by atoms with Gasteiger partial charge in [0.2, 0.25) is 0 Å². The number of halogens is 6. The molecule has 0 heterocycles. The van der Waals surface area contributed by atoms with Crippen molar-refractivity contribution in [2.24, 2.45) is 0 Å². The Balaban J connectivity index is 1.77. The van der Waals surface area contributed by atoms with Crippen LogP contribution in [0.1, 0.15) is 46.3 Å². The van der Waals surface area contributed by atoms with Crippen molar-refractivity contribution in [3.63, 3.8) is 0 Å². The molecule has 0 aliphatic rings. The van der Waals surface area contributed by atoms with E-state index in [0.29, 0.717) is 19.5 Å². The molecule has 0 fully saturated rings. The number of benzene rings is 3. The highest BCUT2D eigenvalue weighted by atomic mass is 35.5. The molecule has 0 aliphatic carbocycles. The van der Waals surface area contributed by atoms with Crippen LogP contribution in [0, 0.1) is 11.6 Å². The molecule has 0 saturated carbocycles. The number of hydrogen-bond acceptors (Lipinski definition) is 5. The van der Waals surface area contributed by atoms with Crippen LogP contribution in [0.25, 0.3) is 0 Å². The number of hydrogen-bond donors (Lipinski definition) is 0. The van der Waals surface area contributed by atoms with Gasteiger partial charge in [0, 0.05) is 32.0 Å². The van der Waals surface area contributed by atoms with E-state index in [0.717, 1.165) is 30.0 Å². The van der Waals surface area contributed by atoms with Crippen molar-refractivity contribution >= 4 is 27.7 Å². The van der Waals surface area contributed by atoms with E-state index in [4.69, 9.17) is 16.3 Å². The molecule has 216 valence electrons. The van der Waals surface area contributed by atoms with E-state index in [1.165, 1.54) is 24.3 Å².